The minimum atomic E-state index is -0.382. The van der Waals surface area contributed by atoms with Gasteiger partial charge in [-0.1, -0.05) is 29.0 Å². The van der Waals surface area contributed by atoms with Gasteiger partial charge < -0.3 is 20.1 Å². The number of nitrogens with zero attached hydrogens (tertiary/aromatic N) is 2. The van der Waals surface area contributed by atoms with E-state index < -0.39 is 0 Å². The van der Waals surface area contributed by atoms with E-state index in [1.807, 2.05) is 19.1 Å². The molecule has 0 unspecified atom stereocenters. The van der Waals surface area contributed by atoms with Crippen LogP contribution in [0.4, 0.5) is 5.69 Å². The van der Waals surface area contributed by atoms with Crippen molar-refractivity contribution >= 4 is 28.8 Å². The second-order valence-electron chi connectivity index (χ2n) is 6.08. The topological polar surface area (TPSA) is 102 Å². The largest absolute Gasteiger partial charge is 0.454 e. The van der Waals surface area contributed by atoms with E-state index >= 15 is 0 Å². The minimum absolute atomic E-state index is 0.167. The number of carbonyl (C=O) groups excluding carboxylic acids is 2. The molecule has 0 saturated heterocycles. The zero-order chi connectivity index (χ0) is 19.5. The number of hydrogen-bond donors (Lipinski definition) is 2. The summed E-state index contributed by atoms with van der Waals surface area (Å²) in [4.78, 5) is 24.6. The maximum Gasteiger partial charge on any atom is 0.286 e. The van der Waals surface area contributed by atoms with Crippen molar-refractivity contribution in [1.82, 2.24) is 15.5 Å². The molecule has 8 nitrogen and oxygen atoms in total. The molecule has 0 atom stereocenters. The van der Waals surface area contributed by atoms with E-state index in [9.17, 15) is 9.59 Å². The molecule has 0 spiro atoms. The van der Waals surface area contributed by atoms with Crippen molar-refractivity contribution in [2.24, 2.45) is 0 Å². The van der Waals surface area contributed by atoms with Gasteiger partial charge in [-0.25, -0.2) is 0 Å². The van der Waals surface area contributed by atoms with Crippen LogP contribution in [0.3, 0.4) is 0 Å². The third-order valence-corrected chi connectivity index (χ3v) is 4.89. The molecule has 0 bridgehead atoms. The second kappa shape index (κ2) is 7.65. The number of amides is 2. The van der Waals surface area contributed by atoms with Crippen LogP contribution in [0.15, 0.2) is 42.5 Å². The number of nitrogens with one attached hydrogen (secondary N) is 2. The lowest BCUT2D eigenvalue weighted by Crippen LogP contribution is -2.22. The van der Waals surface area contributed by atoms with Gasteiger partial charge in [0.25, 0.3) is 11.8 Å². The van der Waals surface area contributed by atoms with Gasteiger partial charge in [-0.05, 0) is 31.2 Å². The average molecular weight is 396 g/mol. The lowest BCUT2D eigenvalue weighted by atomic mass is 10.1. The van der Waals surface area contributed by atoms with Crippen LogP contribution in [0, 0.1) is 6.92 Å². The smallest absolute Gasteiger partial charge is 0.286 e. The van der Waals surface area contributed by atoms with Gasteiger partial charge in [-0.2, -0.15) is 0 Å². The summed E-state index contributed by atoms with van der Waals surface area (Å²) in [6, 6.07) is 12.4. The standard InChI is InChI=1S/C19H16N4O4S/c1-11-3-2-4-12(7-11)17(24)20-9-16-22-23-19(28-16)18(25)21-13-5-6-14-15(8-13)27-10-26-14/h2-8H,9-10H2,1H3,(H,20,24)(H,21,25). The molecule has 2 aromatic carbocycles. The van der Waals surface area contributed by atoms with Gasteiger partial charge in [0, 0.05) is 17.3 Å². The highest BCUT2D eigenvalue weighted by Gasteiger charge is 2.17. The summed E-state index contributed by atoms with van der Waals surface area (Å²) in [5.74, 6) is 0.632. The highest BCUT2D eigenvalue weighted by atomic mass is 32.1. The van der Waals surface area contributed by atoms with E-state index in [-0.39, 0.29) is 30.2 Å². The Hall–Kier alpha value is -3.46. The molecule has 4 rings (SSSR count). The summed E-state index contributed by atoms with van der Waals surface area (Å²) in [6.07, 6.45) is 0. The van der Waals surface area contributed by atoms with Gasteiger partial charge in [-0.15, -0.1) is 10.2 Å². The molecule has 9 heteroatoms. The van der Waals surface area contributed by atoms with Crippen LogP contribution in [-0.2, 0) is 6.54 Å². The summed E-state index contributed by atoms with van der Waals surface area (Å²) >= 11 is 1.12. The second-order valence-corrected chi connectivity index (χ2v) is 7.14. The SMILES string of the molecule is Cc1cccc(C(=O)NCc2nnc(C(=O)Nc3ccc4c(c3)OCO4)s2)c1. The Labute approximate surface area is 164 Å². The van der Waals surface area contributed by atoms with Crippen LogP contribution >= 0.6 is 11.3 Å². The van der Waals surface area contributed by atoms with Gasteiger partial charge in [0.15, 0.2) is 11.5 Å². The number of ether oxygens (including phenoxy) is 2. The summed E-state index contributed by atoms with van der Waals surface area (Å²) in [5.41, 5.74) is 2.15. The molecule has 2 heterocycles. The van der Waals surface area contributed by atoms with Crippen molar-refractivity contribution in [3.05, 3.63) is 63.6 Å². The van der Waals surface area contributed by atoms with Crippen LogP contribution in [0.2, 0.25) is 0 Å². The molecule has 3 aromatic rings. The van der Waals surface area contributed by atoms with Crippen LogP contribution < -0.4 is 20.1 Å². The highest BCUT2D eigenvalue weighted by molar-refractivity contribution is 7.13. The fourth-order valence-electron chi connectivity index (χ4n) is 2.62. The Kier molecular flexibility index (Phi) is 4.90. The fourth-order valence-corrected chi connectivity index (χ4v) is 3.29. The summed E-state index contributed by atoms with van der Waals surface area (Å²) in [5, 5.41) is 14.1. The van der Waals surface area contributed by atoms with Crippen molar-refractivity contribution in [3.8, 4) is 11.5 Å². The maximum absolute atomic E-state index is 12.4. The Morgan fingerprint density at radius 1 is 1.07 bits per heavy atom. The van der Waals surface area contributed by atoms with Gasteiger partial charge >= 0.3 is 0 Å². The first-order chi connectivity index (χ1) is 13.6. The number of aromatic nitrogens is 2. The Bertz CT molecular complexity index is 1050. The van der Waals surface area contributed by atoms with Crippen LogP contribution in [0.1, 0.15) is 30.7 Å². The number of benzene rings is 2. The molecule has 2 N–H and O–H groups in total. The monoisotopic (exact) mass is 396 g/mol. The molecule has 0 aliphatic carbocycles. The predicted molar refractivity (Wildman–Crippen MR) is 103 cm³/mol. The number of anilines is 1. The zero-order valence-electron chi connectivity index (χ0n) is 14.9. The van der Waals surface area contributed by atoms with Crippen molar-refractivity contribution in [1.29, 1.82) is 0 Å². The maximum atomic E-state index is 12.4. The Morgan fingerprint density at radius 3 is 2.79 bits per heavy atom. The Morgan fingerprint density at radius 2 is 1.93 bits per heavy atom. The lowest BCUT2D eigenvalue weighted by Gasteiger charge is -2.04. The van der Waals surface area contributed by atoms with Crippen molar-refractivity contribution in [2.45, 2.75) is 13.5 Å². The quantitative estimate of drug-likeness (QED) is 0.688. The lowest BCUT2D eigenvalue weighted by molar-refractivity contribution is 0.0949. The van der Waals surface area contributed by atoms with Gasteiger partial charge in [0.05, 0.1) is 6.54 Å². The van der Waals surface area contributed by atoms with E-state index in [0.717, 1.165) is 16.9 Å². The van der Waals surface area contributed by atoms with Crippen LogP contribution in [-0.4, -0.2) is 28.8 Å². The van der Waals surface area contributed by atoms with E-state index in [4.69, 9.17) is 9.47 Å². The minimum Gasteiger partial charge on any atom is -0.454 e. The van der Waals surface area contributed by atoms with E-state index in [0.29, 0.717) is 27.8 Å². The van der Waals surface area contributed by atoms with E-state index in [2.05, 4.69) is 20.8 Å². The third-order valence-electron chi connectivity index (χ3n) is 3.97. The molecule has 0 radical (unpaired) electrons. The van der Waals surface area contributed by atoms with Crippen molar-refractivity contribution in [2.75, 3.05) is 12.1 Å². The molecule has 1 aliphatic rings. The normalized spacial score (nSPS) is 11.9. The molecule has 0 fully saturated rings. The number of aryl methyl sites for hydroxylation is 1. The molecule has 28 heavy (non-hydrogen) atoms. The Balaban J connectivity index is 1.36. The zero-order valence-corrected chi connectivity index (χ0v) is 15.7. The molecule has 2 amide bonds. The molecule has 1 aliphatic heterocycles. The number of hydrogen-bond acceptors (Lipinski definition) is 7. The first-order valence-corrected chi connectivity index (χ1v) is 9.28. The van der Waals surface area contributed by atoms with Crippen LogP contribution in [0.25, 0.3) is 0 Å². The molecule has 142 valence electrons. The first kappa shape index (κ1) is 17.9. The summed E-state index contributed by atoms with van der Waals surface area (Å²) < 4.78 is 10.5. The van der Waals surface area contributed by atoms with E-state index in [1.54, 1.807) is 30.3 Å². The third kappa shape index (κ3) is 3.94. The summed E-state index contributed by atoms with van der Waals surface area (Å²) in [7, 11) is 0. The number of fused-ring (bicyclic) bond motifs is 1. The van der Waals surface area contributed by atoms with Gasteiger partial charge in [0.2, 0.25) is 11.8 Å². The molecule has 0 saturated carbocycles. The fraction of sp³-hybridized carbons (Fsp3) is 0.158. The number of rotatable bonds is 5. The first-order valence-electron chi connectivity index (χ1n) is 8.47. The van der Waals surface area contributed by atoms with Gasteiger partial charge in [-0.3, -0.25) is 9.59 Å². The van der Waals surface area contributed by atoms with Crippen molar-refractivity contribution in [3.63, 3.8) is 0 Å². The van der Waals surface area contributed by atoms with Crippen molar-refractivity contribution < 1.29 is 19.1 Å². The summed E-state index contributed by atoms with van der Waals surface area (Å²) in [6.45, 7) is 2.29. The van der Waals surface area contributed by atoms with Crippen LogP contribution in [0.5, 0.6) is 11.5 Å². The molecular weight excluding hydrogens is 380 g/mol. The predicted octanol–water partition coefficient (Wildman–Crippen LogP) is 2.76. The highest BCUT2D eigenvalue weighted by Crippen LogP contribution is 2.34. The van der Waals surface area contributed by atoms with Gasteiger partial charge in [0.1, 0.15) is 5.01 Å². The average Bonchev–Trinajstić information content (AvgIpc) is 3.35. The number of carbonyl (C=O) groups is 2. The van der Waals surface area contributed by atoms with E-state index in [1.165, 1.54) is 0 Å². The molecule has 1 aromatic heterocycles. The molecular formula is C19H16N4O4S.